The van der Waals surface area contributed by atoms with Crippen LogP contribution in [0, 0.1) is 6.92 Å². The van der Waals surface area contributed by atoms with Crippen molar-refractivity contribution in [2.24, 2.45) is 0 Å². The number of amides is 2. The van der Waals surface area contributed by atoms with Gasteiger partial charge in [-0.2, -0.15) is 0 Å². The summed E-state index contributed by atoms with van der Waals surface area (Å²) in [5.41, 5.74) is 1.72. The summed E-state index contributed by atoms with van der Waals surface area (Å²) in [6, 6.07) is 10.1. The molecule has 0 saturated heterocycles. The summed E-state index contributed by atoms with van der Waals surface area (Å²) in [7, 11) is 0. The Labute approximate surface area is 207 Å². The fourth-order valence-electron chi connectivity index (χ4n) is 3.74. The molecule has 0 aromatic heterocycles. The molecule has 1 N–H and O–H groups in total. The number of rotatable bonds is 8. The highest BCUT2D eigenvalue weighted by Gasteiger charge is 2.29. The van der Waals surface area contributed by atoms with E-state index in [0.717, 1.165) is 35.7 Å². The number of halogens is 3. The fraction of sp³-hybridized carbons (Fsp3) is 0.417. The van der Waals surface area contributed by atoms with Crippen molar-refractivity contribution in [3.8, 4) is 5.75 Å². The van der Waals surface area contributed by atoms with Gasteiger partial charge in [0, 0.05) is 27.1 Å². The molecule has 2 aromatic rings. The van der Waals surface area contributed by atoms with Crippen LogP contribution in [0.25, 0.3) is 0 Å². The predicted octanol–water partition coefficient (Wildman–Crippen LogP) is 5.92. The van der Waals surface area contributed by atoms with Crippen molar-refractivity contribution in [3.63, 3.8) is 0 Å². The van der Waals surface area contributed by atoms with Gasteiger partial charge in [-0.1, -0.05) is 58.0 Å². The topological polar surface area (TPSA) is 58.6 Å². The van der Waals surface area contributed by atoms with Crippen molar-refractivity contribution in [2.45, 2.75) is 58.2 Å². The Kier molecular flexibility index (Phi) is 8.86. The highest BCUT2D eigenvalue weighted by molar-refractivity contribution is 9.10. The van der Waals surface area contributed by atoms with Crippen molar-refractivity contribution >= 4 is 50.9 Å². The minimum Gasteiger partial charge on any atom is -0.484 e. The Morgan fingerprint density at radius 3 is 2.56 bits per heavy atom. The number of carbonyl (C=O) groups excluding carboxylic acids is 2. The Morgan fingerprint density at radius 2 is 1.91 bits per heavy atom. The molecule has 1 aliphatic rings. The molecule has 0 aliphatic heterocycles. The number of aryl methyl sites for hydroxylation is 1. The molecule has 8 heteroatoms. The normalized spacial score (nSPS) is 14.8. The minimum absolute atomic E-state index is 0.169. The largest absolute Gasteiger partial charge is 0.484 e. The van der Waals surface area contributed by atoms with Gasteiger partial charge in [0.2, 0.25) is 5.91 Å². The summed E-state index contributed by atoms with van der Waals surface area (Å²) in [4.78, 5) is 27.6. The molecule has 0 unspecified atom stereocenters. The third-order valence-electron chi connectivity index (χ3n) is 5.72. The van der Waals surface area contributed by atoms with E-state index < -0.39 is 6.04 Å². The molecule has 2 aromatic carbocycles. The fourth-order valence-corrected chi connectivity index (χ4v) is 4.46. The lowest BCUT2D eigenvalue weighted by molar-refractivity contribution is -0.142. The molecule has 0 bridgehead atoms. The quantitative estimate of drug-likeness (QED) is 0.451. The second kappa shape index (κ2) is 11.4. The lowest BCUT2D eigenvalue weighted by Gasteiger charge is -2.30. The third kappa shape index (κ3) is 6.63. The molecule has 1 saturated carbocycles. The molecule has 0 heterocycles. The highest BCUT2D eigenvalue weighted by Crippen LogP contribution is 2.25. The maximum Gasteiger partial charge on any atom is 0.261 e. The van der Waals surface area contributed by atoms with Gasteiger partial charge in [-0.25, -0.2) is 0 Å². The van der Waals surface area contributed by atoms with E-state index in [1.54, 1.807) is 31.2 Å². The molecule has 0 radical (unpaired) electrons. The van der Waals surface area contributed by atoms with Crippen LogP contribution in [0.4, 0.5) is 0 Å². The van der Waals surface area contributed by atoms with Crippen molar-refractivity contribution in [1.29, 1.82) is 0 Å². The summed E-state index contributed by atoms with van der Waals surface area (Å²) in [5.74, 6) is 0.118. The summed E-state index contributed by atoms with van der Waals surface area (Å²) < 4.78 is 6.70. The zero-order chi connectivity index (χ0) is 23.3. The molecule has 1 aliphatic carbocycles. The van der Waals surface area contributed by atoms with Gasteiger partial charge in [0.25, 0.3) is 5.91 Å². The van der Waals surface area contributed by atoms with E-state index in [0.29, 0.717) is 21.4 Å². The van der Waals surface area contributed by atoms with Gasteiger partial charge in [-0.3, -0.25) is 9.59 Å². The standard InChI is InChI=1S/C24H27BrCl2N2O3/c1-15-11-20(9-10-21(15)25)32-14-23(30)29(13-17-7-8-18(26)12-22(17)27)16(2)24(31)28-19-5-3-4-6-19/h7-12,16,19H,3-6,13-14H2,1-2H3,(H,28,31)/t16-/m1/s1. The summed E-state index contributed by atoms with van der Waals surface area (Å²) in [6.07, 6.45) is 4.18. The van der Waals surface area contributed by atoms with Crippen LogP contribution in [0.1, 0.15) is 43.7 Å². The number of nitrogens with one attached hydrogen (secondary N) is 1. The lowest BCUT2D eigenvalue weighted by Crippen LogP contribution is -2.50. The maximum absolute atomic E-state index is 13.2. The molecule has 1 fully saturated rings. The summed E-state index contributed by atoms with van der Waals surface area (Å²) in [6.45, 7) is 3.67. The Hall–Kier alpha value is -1.76. The molecule has 3 rings (SSSR count). The lowest BCUT2D eigenvalue weighted by atomic mass is 10.1. The average Bonchev–Trinajstić information content (AvgIpc) is 3.26. The first-order chi connectivity index (χ1) is 15.2. The van der Waals surface area contributed by atoms with Crippen LogP contribution in [-0.4, -0.2) is 35.4 Å². The number of nitrogens with zero attached hydrogens (tertiary/aromatic N) is 1. The van der Waals surface area contributed by atoms with Gasteiger partial charge in [0.1, 0.15) is 11.8 Å². The van der Waals surface area contributed by atoms with Crippen LogP contribution in [0.3, 0.4) is 0 Å². The first-order valence-corrected chi connectivity index (χ1v) is 12.2. The van der Waals surface area contributed by atoms with Crippen molar-refractivity contribution in [2.75, 3.05) is 6.61 Å². The van der Waals surface area contributed by atoms with Crippen molar-refractivity contribution < 1.29 is 14.3 Å². The smallest absolute Gasteiger partial charge is 0.261 e. The zero-order valence-electron chi connectivity index (χ0n) is 18.2. The Balaban J connectivity index is 1.75. The second-order valence-corrected chi connectivity index (χ2v) is 9.82. The molecule has 32 heavy (non-hydrogen) atoms. The highest BCUT2D eigenvalue weighted by atomic mass is 79.9. The first kappa shape index (κ1) is 24.9. The average molecular weight is 542 g/mol. The first-order valence-electron chi connectivity index (χ1n) is 10.7. The number of ether oxygens (including phenoxy) is 1. The SMILES string of the molecule is Cc1cc(OCC(=O)N(Cc2ccc(Cl)cc2Cl)[C@H](C)C(=O)NC2CCCC2)ccc1Br. The number of carbonyl (C=O) groups is 2. The van der Waals surface area contributed by atoms with Crippen LogP contribution >= 0.6 is 39.1 Å². The van der Waals surface area contributed by atoms with E-state index >= 15 is 0 Å². The van der Waals surface area contributed by atoms with Gasteiger partial charge in [0.05, 0.1) is 0 Å². The molecule has 1 atom stereocenters. The van der Waals surface area contributed by atoms with E-state index in [9.17, 15) is 9.59 Å². The van der Waals surface area contributed by atoms with Crippen LogP contribution in [0.2, 0.25) is 10.0 Å². The van der Waals surface area contributed by atoms with Crippen molar-refractivity contribution in [1.82, 2.24) is 10.2 Å². The second-order valence-electron chi connectivity index (χ2n) is 8.12. The van der Waals surface area contributed by atoms with Crippen LogP contribution < -0.4 is 10.1 Å². The maximum atomic E-state index is 13.2. The molecule has 5 nitrogen and oxygen atoms in total. The monoisotopic (exact) mass is 540 g/mol. The number of benzene rings is 2. The van der Waals surface area contributed by atoms with Crippen molar-refractivity contribution in [3.05, 3.63) is 62.0 Å². The summed E-state index contributed by atoms with van der Waals surface area (Å²) >= 11 is 15.8. The van der Waals surface area contributed by atoms with E-state index in [1.807, 2.05) is 19.1 Å². The zero-order valence-corrected chi connectivity index (χ0v) is 21.3. The van der Waals surface area contributed by atoms with E-state index in [1.165, 1.54) is 4.90 Å². The molecule has 2 amide bonds. The summed E-state index contributed by atoms with van der Waals surface area (Å²) in [5, 5.41) is 4.04. The van der Waals surface area contributed by atoms with Gasteiger partial charge >= 0.3 is 0 Å². The Morgan fingerprint density at radius 1 is 1.19 bits per heavy atom. The van der Waals surface area contributed by atoms with Crippen LogP contribution in [0.5, 0.6) is 5.75 Å². The Bertz CT molecular complexity index is 980. The molecular formula is C24H27BrCl2N2O3. The van der Waals surface area contributed by atoms with Gasteiger partial charge in [-0.05, 0) is 68.1 Å². The number of hydrogen-bond acceptors (Lipinski definition) is 3. The number of hydrogen-bond donors (Lipinski definition) is 1. The van der Waals surface area contributed by atoms with Gasteiger partial charge in [0.15, 0.2) is 6.61 Å². The predicted molar refractivity (Wildman–Crippen MR) is 131 cm³/mol. The third-order valence-corrected chi connectivity index (χ3v) is 7.19. The van der Waals surface area contributed by atoms with E-state index in [2.05, 4.69) is 21.2 Å². The van der Waals surface area contributed by atoms with E-state index in [-0.39, 0.29) is 31.0 Å². The molecule has 172 valence electrons. The molecule has 0 spiro atoms. The molecular weight excluding hydrogens is 515 g/mol. The van der Waals surface area contributed by atoms with Crippen LogP contribution in [0.15, 0.2) is 40.9 Å². The minimum atomic E-state index is -0.676. The van der Waals surface area contributed by atoms with Gasteiger partial charge < -0.3 is 15.0 Å². The van der Waals surface area contributed by atoms with Gasteiger partial charge in [-0.15, -0.1) is 0 Å². The van der Waals surface area contributed by atoms with Crippen LogP contribution in [-0.2, 0) is 16.1 Å². The van der Waals surface area contributed by atoms with E-state index in [4.69, 9.17) is 27.9 Å².